The lowest BCUT2D eigenvalue weighted by Gasteiger charge is -2.18. The Bertz CT molecular complexity index is 413. The number of epoxide rings is 1. The second-order valence-electron chi connectivity index (χ2n) is 4.91. The maximum atomic E-state index is 9.93. The van der Waals surface area contributed by atoms with Crippen LogP contribution in [0.2, 0.25) is 0 Å². The second-order valence-corrected chi connectivity index (χ2v) is 4.91. The summed E-state index contributed by atoms with van der Waals surface area (Å²) >= 11 is 0. The Balaban J connectivity index is 1.49. The van der Waals surface area contributed by atoms with Crippen molar-refractivity contribution >= 4 is 0 Å². The molecule has 3 rings (SSSR count). The minimum Gasteiger partial charge on any atom is -0.367 e. The van der Waals surface area contributed by atoms with E-state index in [9.17, 15) is 10.2 Å². The van der Waals surface area contributed by atoms with E-state index in [2.05, 4.69) is 5.32 Å². The van der Waals surface area contributed by atoms with Gasteiger partial charge in [0.15, 0.2) is 12.6 Å². The highest BCUT2D eigenvalue weighted by atomic mass is 16.7. The fourth-order valence-corrected chi connectivity index (χ4v) is 2.36. The third-order valence-electron chi connectivity index (χ3n) is 3.58. The monoisotopic (exact) mass is 251 g/mol. The fraction of sp³-hybridized carbons (Fsp3) is 0.538. The number of ether oxygens (including phenoxy) is 2. The third kappa shape index (κ3) is 2.28. The summed E-state index contributed by atoms with van der Waals surface area (Å²) < 4.78 is 10.6. The van der Waals surface area contributed by atoms with Gasteiger partial charge in [-0.3, -0.25) is 0 Å². The van der Waals surface area contributed by atoms with Crippen LogP contribution in [0.1, 0.15) is 12.0 Å². The van der Waals surface area contributed by atoms with Gasteiger partial charge in [-0.2, -0.15) is 0 Å². The molecule has 1 aromatic carbocycles. The topological polar surface area (TPSA) is 74.2 Å². The Morgan fingerprint density at radius 2 is 2.17 bits per heavy atom. The number of benzene rings is 1. The first-order valence-corrected chi connectivity index (χ1v) is 6.12. The largest absolute Gasteiger partial charge is 0.367 e. The molecule has 4 atom stereocenters. The van der Waals surface area contributed by atoms with Gasteiger partial charge in [0.25, 0.3) is 0 Å². The van der Waals surface area contributed by atoms with Gasteiger partial charge >= 0.3 is 0 Å². The lowest BCUT2D eigenvalue weighted by molar-refractivity contribution is -0.125. The maximum Gasteiger partial charge on any atom is 0.186 e. The van der Waals surface area contributed by atoms with E-state index in [1.165, 1.54) is 0 Å². The molecule has 5 heteroatoms. The van der Waals surface area contributed by atoms with Crippen molar-refractivity contribution in [1.29, 1.82) is 0 Å². The summed E-state index contributed by atoms with van der Waals surface area (Å²) in [5, 5.41) is 22.4. The summed E-state index contributed by atoms with van der Waals surface area (Å²) in [6.07, 6.45) is -1.01. The van der Waals surface area contributed by atoms with Crippen LogP contribution in [0, 0.1) is 0 Å². The van der Waals surface area contributed by atoms with E-state index in [0.717, 1.165) is 5.56 Å². The molecule has 2 saturated heterocycles. The zero-order chi connectivity index (χ0) is 12.6. The molecule has 1 aromatic rings. The number of hydrogen-bond acceptors (Lipinski definition) is 5. The average molecular weight is 251 g/mol. The van der Waals surface area contributed by atoms with E-state index in [1.54, 1.807) is 0 Å². The first-order valence-electron chi connectivity index (χ1n) is 6.12. The summed E-state index contributed by atoms with van der Waals surface area (Å²) in [4.78, 5) is 0. The summed E-state index contributed by atoms with van der Waals surface area (Å²) in [5.74, 6) is 0. The van der Waals surface area contributed by atoms with Crippen molar-refractivity contribution < 1.29 is 19.7 Å². The van der Waals surface area contributed by atoms with Gasteiger partial charge in [0.05, 0.1) is 12.6 Å². The Labute approximate surface area is 105 Å². The van der Waals surface area contributed by atoms with E-state index in [0.29, 0.717) is 19.6 Å². The Kier molecular flexibility index (Phi) is 3.09. The van der Waals surface area contributed by atoms with Crippen molar-refractivity contribution in [3.8, 4) is 0 Å². The van der Waals surface area contributed by atoms with Crippen molar-refractivity contribution in [3.05, 3.63) is 35.9 Å². The number of aliphatic hydroxyl groups is 2. The molecule has 5 nitrogen and oxygen atoms in total. The molecule has 2 heterocycles. The summed E-state index contributed by atoms with van der Waals surface area (Å²) in [5.41, 5.74) is 0.536. The highest BCUT2D eigenvalue weighted by molar-refractivity contribution is 5.13. The summed E-state index contributed by atoms with van der Waals surface area (Å²) in [6, 6.07) is 9.51. The van der Waals surface area contributed by atoms with Crippen molar-refractivity contribution in [1.82, 2.24) is 5.32 Å². The second kappa shape index (κ2) is 4.60. The van der Waals surface area contributed by atoms with Gasteiger partial charge in [0.2, 0.25) is 0 Å². The molecule has 2 aliphatic heterocycles. The Morgan fingerprint density at radius 1 is 1.44 bits per heavy atom. The molecule has 98 valence electrons. The first kappa shape index (κ1) is 12.1. The molecule has 2 fully saturated rings. The smallest absolute Gasteiger partial charge is 0.186 e. The molecule has 0 saturated carbocycles. The average Bonchev–Trinajstić information content (AvgIpc) is 2.83. The molecule has 0 radical (unpaired) electrons. The predicted octanol–water partition coefficient (Wildman–Crippen LogP) is -0.0291. The molecule has 0 aromatic heterocycles. The summed E-state index contributed by atoms with van der Waals surface area (Å²) in [6.45, 7) is 0.932. The quantitative estimate of drug-likeness (QED) is 0.517. The summed E-state index contributed by atoms with van der Waals surface area (Å²) in [7, 11) is 0. The highest BCUT2D eigenvalue weighted by Gasteiger charge is 2.60. The minimum absolute atomic E-state index is 0.189. The molecule has 18 heavy (non-hydrogen) atoms. The number of rotatable bonds is 4. The zero-order valence-corrected chi connectivity index (χ0v) is 9.95. The molecular formula is C13H17NO4. The number of nitrogens with one attached hydrogen (secondary N) is 1. The predicted molar refractivity (Wildman–Crippen MR) is 63.5 cm³/mol. The van der Waals surface area contributed by atoms with Gasteiger partial charge in [0, 0.05) is 13.0 Å². The van der Waals surface area contributed by atoms with Crippen LogP contribution in [-0.2, 0) is 16.1 Å². The molecule has 0 bridgehead atoms. The van der Waals surface area contributed by atoms with Crippen LogP contribution in [0.15, 0.2) is 30.3 Å². The van der Waals surface area contributed by atoms with E-state index >= 15 is 0 Å². The molecule has 4 unspecified atom stereocenters. The molecule has 0 amide bonds. The minimum atomic E-state index is -0.888. The van der Waals surface area contributed by atoms with Crippen LogP contribution in [0.25, 0.3) is 0 Å². The van der Waals surface area contributed by atoms with Crippen LogP contribution >= 0.6 is 0 Å². The molecule has 1 spiro atoms. The van der Waals surface area contributed by atoms with Gasteiger partial charge in [0.1, 0.15) is 5.60 Å². The highest BCUT2D eigenvalue weighted by Crippen LogP contribution is 2.42. The Morgan fingerprint density at radius 3 is 2.78 bits per heavy atom. The molecule has 0 aliphatic carbocycles. The number of hydrogen-bond donors (Lipinski definition) is 3. The van der Waals surface area contributed by atoms with Crippen LogP contribution in [-0.4, -0.2) is 41.0 Å². The van der Waals surface area contributed by atoms with Crippen LogP contribution in [0.3, 0.4) is 0 Å². The van der Waals surface area contributed by atoms with Crippen LogP contribution in [0.5, 0.6) is 0 Å². The van der Waals surface area contributed by atoms with E-state index < -0.39 is 18.2 Å². The van der Waals surface area contributed by atoms with Crippen molar-refractivity contribution in [3.63, 3.8) is 0 Å². The molecule has 3 N–H and O–H groups in total. The first-order chi connectivity index (χ1) is 8.70. The van der Waals surface area contributed by atoms with Crippen molar-refractivity contribution in [2.24, 2.45) is 0 Å². The van der Waals surface area contributed by atoms with Gasteiger partial charge in [-0.05, 0) is 5.56 Å². The third-order valence-corrected chi connectivity index (χ3v) is 3.58. The van der Waals surface area contributed by atoms with Gasteiger partial charge in [-0.1, -0.05) is 30.3 Å². The molecule has 2 aliphatic rings. The lowest BCUT2D eigenvalue weighted by Crippen LogP contribution is -2.36. The SMILES string of the molecule is OC(OCc1ccccc1)C1CC2(CN1)OC2O. The van der Waals surface area contributed by atoms with Gasteiger partial charge < -0.3 is 25.0 Å². The standard InChI is InChI=1S/C13H17NO4/c15-11(17-7-9-4-2-1-3-5-9)10-6-13(8-14-10)12(16)18-13/h1-5,10-12,14-16H,6-8H2. The van der Waals surface area contributed by atoms with Crippen molar-refractivity contribution in [2.75, 3.05) is 6.54 Å². The van der Waals surface area contributed by atoms with Gasteiger partial charge in [-0.25, -0.2) is 0 Å². The fourth-order valence-electron chi connectivity index (χ4n) is 2.36. The van der Waals surface area contributed by atoms with E-state index in [4.69, 9.17) is 9.47 Å². The number of aliphatic hydroxyl groups excluding tert-OH is 2. The van der Waals surface area contributed by atoms with Crippen molar-refractivity contribution in [2.45, 2.75) is 37.3 Å². The lowest BCUT2D eigenvalue weighted by atomic mass is 10.1. The zero-order valence-electron chi connectivity index (χ0n) is 9.95. The van der Waals surface area contributed by atoms with E-state index in [-0.39, 0.29) is 6.04 Å². The van der Waals surface area contributed by atoms with E-state index in [1.807, 2.05) is 30.3 Å². The van der Waals surface area contributed by atoms with Crippen LogP contribution in [0.4, 0.5) is 0 Å². The maximum absolute atomic E-state index is 9.93. The van der Waals surface area contributed by atoms with Gasteiger partial charge in [-0.15, -0.1) is 0 Å². The Hall–Kier alpha value is -0.980. The molecular weight excluding hydrogens is 234 g/mol. The van der Waals surface area contributed by atoms with Crippen LogP contribution < -0.4 is 5.32 Å². The normalized spacial score (nSPS) is 35.9.